The maximum atomic E-state index is 9.41. The summed E-state index contributed by atoms with van der Waals surface area (Å²) in [6.07, 6.45) is 0. The van der Waals surface area contributed by atoms with Gasteiger partial charge < -0.3 is 4.84 Å². The normalized spacial score (nSPS) is 7.56. The molecule has 0 aromatic rings. The van der Waals surface area contributed by atoms with Gasteiger partial charge in [0.2, 0.25) is 0 Å². The Kier molecular flexibility index (Phi) is 3.89. The maximum Gasteiger partial charge on any atom is 0.294 e. The van der Waals surface area contributed by atoms with Crippen molar-refractivity contribution in [3.8, 4) is 0 Å². The van der Waals surface area contributed by atoms with Crippen molar-refractivity contribution in [2.24, 2.45) is 5.11 Å². The molecule has 0 N–H and O–H groups in total. The summed E-state index contributed by atoms with van der Waals surface area (Å²) in [6.45, 7) is -0.200. The molecule has 7 nitrogen and oxygen atoms in total. The molecule has 9 heavy (non-hydrogen) atoms. The van der Waals surface area contributed by atoms with Crippen molar-refractivity contribution in [3.05, 3.63) is 20.6 Å². The van der Waals surface area contributed by atoms with Crippen LogP contribution in [0.3, 0.4) is 0 Å². The third-order valence-electron chi connectivity index (χ3n) is 0.451. The van der Waals surface area contributed by atoms with Gasteiger partial charge in [-0.25, -0.2) is 0 Å². The Balaban J connectivity index is 3.10. The highest BCUT2D eigenvalue weighted by atomic mass is 16.9. The summed E-state index contributed by atoms with van der Waals surface area (Å²) in [4.78, 5) is 15.6. The highest BCUT2D eigenvalue weighted by Crippen LogP contribution is 1.75. The summed E-state index contributed by atoms with van der Waals surface area (Å²) in [6, 6.07) is 0. The smallest absolute Gasteiger partial charge is 0.294 e. The zero-order chi connectivity index (χ0) is 7.11. The largest absolute Gasteiger partial charge is 0.314 e. The van der Waals surface area contributed by atoms with Crippen molar-refractivity contribution in [1.29, 1.82) is 0 Å². The predicted octanol–water partition coefficient (Wildman–Crippen LogP) is 0.505. The monoisotopic (exact) mass is 132 g/mol. The molecule has 0 saturated carbocycles. The highest BCUT2D eigenvalue weighted by Gasteiger charge is 1.89. The fraction of sp³-hybridized carbons (Fsp3) is 1.00. The summed E-state index contributed by atoms with van der Waals surface area (Å²) in [5.41, 5.74) is 7.66. The molecule has 0 unspecified atom stereocenters. The number of nitrogens with zero attached hydrogens (tertiary/aromatic N) is 4. The van der Waals surface area contributed by atoms with E-state index in [4.69, 9.17) is 5.53 Å². The molecule has 0 aliphatic heterocycles. The molecule has 0 rings (SSSR count). The Bertz CT molecular complexity index is 137. The van der Waals surface area contributed by atoms with Gasteiger partial charge >= 0.3 is 0 Å². The van der Waals surface area contributed by atoms with Gasteiger partial charge in [-0.05, 0) is 5.53 Å². The number of azide groups is 1. The van der Waals surface area contributed by atoms with Gasteiger partial charge in [-0.3, -0.25) is 0 Å². The molecule has 0 bridgehead atoms. The van der Waals surface area contributed by atoms with E-state index in [1.54, 1.807) is 0 Å². The Hall–Kier alpha value is -1.49. The first-order valence-electron chi connectivity index (χ1n) is 2.05. The molecule has 0 aliphatic rings. The SMILES string of the molecule is [N-]=[N+]=NCCO[N+](=O)[O-]. The summed E-state index contributed by atoms with van der Waals surface area (Å²) in [7, 11) is 0. The van der Waals surface area contributed by atoms with E-state index in [-0.39, 0.29) is 13.2 Å². The molecule has 0 amide bonds. The van der Waals surface area contributed by atoms with Crippen molar-refractivity contribution in [2.45, 2.75) is 0 Å². The van der Waals surface area contributed by atoms with Gasteiger partial charge in [-0.2, -0.15) is 0 Å². The van der Waals surface area contributed by atoms with Crippen LogP contribution in [0, 0.1) is 10.1 Å². The molecule has 0 saturated heterocycles. The van der Waals surface area contributed by atoms with E-state index in [0.717, 1.165) is 0 Å². The van der Waals surface area contributed by atoms with Crippen molar-refractivity contribution < 1.29 is 9.92 Å². The van der Waals surface area contributed by atoms with Crippen LogP contribution in [0.4, 0.5) is 0 Å². The minimum atomic E-state index is -0.938. The van der Waals surface area contributed by atoms with E-state index in [9.17, 15) is 10.1 Å². The van der Waals surface area contributed by atoms with Crippen LogP contribution in [0.1, 0.15) is 0 Å². The van der Waals surface area contributed by atoms with Gasteiger partial charge in [0.15, 0.2) is 0 Å². The summed E-state index contributed by atoms with van der Waals surface area (Å²) < 4.78 is 0. The summed E-state index contributed by atoms with van der Waals surface area (Å²) >= 11 is 0. The minimum Gasteiger partial charge on any atom is -0.314 e. The van der Waals surface area contributed by atoms with Crippen LogP contribution in [-0.4, -0.2) is 18.2 Å². The van der Waals surface area contributed by atoms with Crippen LogP contribution in [0.15, 0.2) is 5.11 Å². The molecule has 0 aromatic heterocycles. The number of hydrogen-bond acceptors (Lipinski definition) is 4. The van der Waals surface area contributed by atoms with Crippen molar-refractivity contribution in [3.63, 3.8) is 0 Å². The molecule has 0 atom stereocenters. The molecule has 0 radical (unpaired) electrons. The fourth-order valence-corrected chi connectivity index (χ4v) is 0.201. The van der Waals surface area contributed by atoms with Gasteiger partial charge in [0.1, 0.15) is 6.61 Å². The van der Waals surface area contributed by atoms with Crippen molar-refractivity contribution in [2.75, 3.05) is 13.2 Å². The molecule has 7 heteroatoms. The zero-order valence-electron chi connectivity index (χ0n) is 4.43. The zero-order valence-corrected chi connectivity index (χ0v) is 4.43. The van der Waals surface area contributed by atoms with E-state index in [2.05, 4.69) is 14.9 Å². The predicted molar refractivity (Wildman–Crippen MR) is 27.0 cm³/mol. The molecule has 0 heterocycles. The van der Waals surface area contributed by atoms with Gasteiger partial charge in [-0.15, -0.1) is 10.1 Å². The molecule has 0 fully saturated rings. The summed E-state index contributed by atoms with van der Waals surface area (Å²) in [5.74, 6) is 0. The van der Waals surface area contributed by atoms with Crippen LogP contribution < -0.4 is 0 Å². The fourth-order valence-electron chi connectivity index (χ4n) is 0.201. The topological polar surface area (TPSA) is 101 Å². The van der Waals surface area contributed by atoms with E-state index < -0.39 is 5.09 Å². The lowest BCUT2D eigenvalue weighted by molar-refractivity contribution is -0.757. The first-order valence-corrected chi connectivity index (χ1v) is 2.05. The van der Waals surface area contributed by atoms with Crippen molar-refractivity contribution >= 4 is 0 Å². The van der Waals surface area contributed by atoms with Crippen LogP contribution in [0.25, 0.3) is 10.4 Å². The molecule has 0 aromatic carbocycles. The van der Waals surface area contributed by atoms with Crippen LogP contribution in [0.2, 0.25) is 0 Å². The van der Waals surface area contributed by atoms with Gasteiger partial charge in [0, 0.05) is 11.5 Å². The average molecular weight is 132 g/mol. The number of hydrogen-bond donors (Lipinski definition) is 0. The Morgan fingerprint density at radius 2 is 2.56 bits per heavy atom. The van der Waals surface area contributed by atoms with Gasteiger partial charge in [0.05, 0.1) is 0 Å². The quantitative estimate of drug-likeness (QED) is 0.139. The third-order valence-corrected chi connectivity index (χ3v) is 0.451. The lowest BCUT2D eigenvalue weighted by atomic mass is 10.7. The summed E-state index contributed by atoms with van der Waals surface area (Å²) in [5, 5.41) is 11.5. The molecular formula is C2H4N4O3. The third kappa shape index (κ3) is 6.51. The Labute approximate surface area is 50.0 Å². The molecule has 0 spiro atoms. The first kappa shape index (κ1) is 7.51. The Morgan fingerprint density at radius 3 is 3.00 bits per heavy atom. The van der Waals surface area contributed by atoms with E-state index in [1.165, 1.54) is 0 Å². The second-order valence-corrected chi connectivity index (χ2v) is 1.01. The molecular weight excluding hydrogens is 128 g/mol. The molecule has 0 aliphatic carbocycles. The van der Waals surface area contributed by atoms with Crippen LogP contribution >= 0.6 is 0 Å². The van der Waals surface area contributed by atoms with E-state index in [1.807, 2.05) is 0 Å². The lowest BCUT2D eigenvalue weighted by Gasteiger charge is -1.89. The highest BCUT2D eigenvalue weighted by molar-refractivity contribution is 4.41. The second kappa shape index (κ2) is 4.66. The lowest BCUT2D eigenvalue weighted by Crippen LogP contribution is -2.03. The number of rotatable bonds is 4. The Morgan fingerprint density at radius 1 is 1.89 bits per heavy atom. The second-order valence-electron chi connectivity index (χ2n) is 1.01. The van der Waals surface area contributed by atoms with E-state index in [0.29, 0.717) is 0 Å². The van der Waals surface area contributed by atoms with E-state index >= 15 is 0 Å². The van der Waals surface area contributed by atoms with Gasteiger partial charge in [0.25, 0.3) is 5.09 Å². The maximum absolute atomic E-state index is 9.41. The van der Waals surface area contributed by atoms with Crippen LogP contribution in [-0.2, 0) is 4.84 Å². The van der Waals surface area contributed by atoms with Crippen LogP contribution in [0.5, 0.6) is 0 Å². The standard InChI is InChI=1S/C2H4N4O3/c3-5-4-1-2-9-6(7)8/h1-2H2. The minimum absolute atomic E-state index is 0.0164. The average Bonchev–Trinajstić information content (AvgIpc) is 1.80. The first-order chi connectivity index (χ1) is 4.27. The van der Waals surface area contributed by atoms with Crippen molar-refractivity contribution in [1.82, 2.24) is 0 Å². The van der Waals surface area contributed by atoms with Gasteiger partial charge in [-0.1, -0.05) is 5.11 Å². The molecule has 50 valence electrons.